The van der Waals surface area contributed by atoms with Crippen molar-refractivity contribution in [3.05, 3.63) is 30.3 Å². The van der Waals surface area contributed by atoms with Crippen molar-refractivity contribution in [1.82, 2.24) is 0 Å². The predicted octanol–water partition coefficient (Wildman–Crippen LogP) is 4.68. The van der Waals surface area contributed by atoms with Gasteiger partial charge in [-0.25, -0.2) is 0 Å². The molecule has 0 aliphatic rings. The molecule has 5 heteroatoms. The van der Waals surface area contributed by atoms with Gasteiger partial charge >= 0.3 is 5.77 Å². The average Bonchev–Trinajstić information content (AvgIpc) is 2.19. The van der Waals surface area contributed by atoms with Gasteiger partial charge in [-0.15, -0.1) is 0 Å². The molecule has 1 unspecified atom stereocenters. The van der Waals surface area contributed by atoms with Crippen LogP contribution in [0.1, 0.15) is 13.8 Å². The van der Waals surface area contributed by atoms with Crippen LogP contribution in [0.5, 0.6) is 0 Å². The van der Waals surface area contributed by atoms with E-state index in [9.17, 15) is 4.57 Å². The molecule has 1 aromatic rings. The molecular formula is C10H15O2PS2. The lowest BCUT2D eigenvalue weighted by atomic mass is 10.4. The summed E-state index contributed by atoms with van der Waals surface area (Å²) in [7, 11) is 0. The molecule has 0 spiro atoms. The van der Waals surface area contributed by atoms with Crippen molar-refractivity contribution in [3.63, 3.8) is 0 Å². The second-order valence-corrected chi connectivity index (χ2v) is 10.2. The minimum atomic E-state index is -2.61. The molecule has 0 aliphatic carbocycles. The Bertz CT molecular complexity index is 319. The molecule has 15 heavy (non-hydrogen) atoms. The van der Waals surface area contributed by atoms with Crippen LogP contribution >= 0.6 is 28.5 Å². The summed E-state index contributed by atoms with van der Waals surface area (Å²) in [6.45, 7) is 4.35. The first-order chi connectivity index (χ1) is 7.20. The molecule has 1 aromatic carbocycles. The Labute approximate surface area is 99.1 Å². The zero-order valence-electron chi connectivity index (χ0n) is 8.88. The number of benzene rings is 1. The van der Waals surface area contributed by atoms with Crippen LogP contribution in [0.2, 0.25) is 0 Å². The quantitative estimate of drug-likeness (QED) is 0.695. The summed E-state index contributed by atoms with van der Waals surface area (Å²) < 4.78 is 17.6. The fourth-order valence-electron chi connectivity index (χ4n) is 1.02. The molecule has 0 saturated carbocycles. The smallest absolute Gasteiger partial charge is 0.314 e. The molecular weight excluding hydrogens is 247 g/mol. The first-order valence-corrected chi connectivity index (χ1v) is 9.47. The third-order valence-corrected chi connectivity index (χ3v) is 8.67. The van der Waals surface area contributed by atoms with Crippen LogP contribution in [0.25, 0.3) is 0 Å². The largest absolute Gasteiger partial charge is 0.317 e. The third kappa shape index (κ3) is 4.64. The molecule has 0 radical (unpaired) electrons. The minimum absolute atomic E-state index is 0.490. The SMILES string of the molecule is CCOP(=O)(SCC)Sc1ccccc1. The summed E-state index contributed by atoms with van der Waals surface area (Å²) in [4.78, 5) is 0.996. The van der Waals surface area contributed by atoms with Crippen LogP contribution in [0.4, 0.5) is 0 Å². The van der Waals surface area contributed by atoms with E-state index in [0.717, 1.165) is 10.6 Å². The standard InChI is InChI=1S/C10H15O2PS2/c1-3-12-13(11,14-4-2)15-10-8-6-5-7-9-10/h5-9H,3-4H2,1-2H3. The average molecular weight is 262 g/mol. The molecule has 2 nitrogen and oxygen atoms in total. The van der Waals surface area contributed by atoms with Gasteiger partial charge in [0.25, 0.3) is 0 Å². The molecule has 0 fully saturated rings. The van der Waals surface area contributed by atoms with E-state index >= 15 is 0 Å². The number of rotatable bonds is 6. The van der Waals surface area contributed by atoms with Crippen molar-refractivity contribution >= 4 is 28.5 Å². The Kier molecular flexibility index (Phi) is 5.83. The van der Waals surface area contributed by atoms with Crippen LogP contribution in [-0.4, -0.2) is 12.4 Å². The van der Waals surface area contributed by atoms with Gasteiger partial charge in [0.1, 0.15) is 0 Å². The summed E-state index contributed by atoms with van der Waals surface area (Å²) in [6, 6.07) is 9.73. The lowest BCUT2D eigenvalue weighted by molar-refractivity contribution is 0.357. The van der Waals surface area contributed by atoms with E-state index in [-0.39, 0.29) is 0 Å². The third-order valence-electron chi connectivity index (χ3n) is 1.53. The first-order valence-electron chi connectivity index (χ1n) is 4.84. The Morgan fingerprint density at radius 3 is 2.47 bits per heavy atom. The Morgan fingerprint density at radius 1 is 1.27 bits per heavy atom. The van der Waals surface area contributed by atoms with E-state index < -0.39 is 5.77 Å². The second-order valence-electron chi connectivity index (χ2n) is 2.69. The summed E-state index contributed by atoms with van der Waals surface area (Å²) in [5.74, 6) is -1.81. The van der Waals surface area contributed by atoms with E-state index in [1.54, 1.807) is 0 Å². The van der Waals surface area contributed by atoms with E-state index in [1.165, 1.54) is 22.8 Å². The molecule has 0 N–H and O–H groups in total. The molecule has 1 rings (SSSR count). The fraction of sp³-hybridized carbons (Fsp3) is 0.400. The molecule has 0 saturated heterocycles. The second kappa shape index (κ2) is 6.64. The highest BCUT2D eigenvalue weighted by atomic mass is 33.1. The molecule has 0 aliphatic heterocycles. The van der Waals surface area contributed by atoms with Gasteiger partial charge in [0.15, 0.2) is 0 Å². The molecule has 1 atom stereocenters. The Balaban J connectivity index is 2.71. The van der Waals surface area contributed by atoms with Gasteiger partial charge < -0.3 is 4.52 Å². The predicted molar refractivity (Wildman–Crippen MR) is 69.7 cm³/mol. The van der Waals surface area contributed by atoms with Crippen molar-refractivity contribution in [2.45, 2.75) is 18.7 Å². The Hall–Kier alpha value is 0.110. The first kappa shape index (κ1) is 13.2. The molecule has 0 bridgehead atoms. The van der Waals surface area contributed by atoms with Gasteiger partial charge in [-0.05, 0) is 30.4 Å². The van der Waals surface area contributed by atoms with E-state index in [0.29, 0.717) is 6.61 Å². The van der Waals surface area contributed by atoms with Gasteiger partial charge in [-0.3, -0.25) is 4.57 Å². The highest BCUT2D eigenvalue weighted by molar-refractivity contribution is 8.89. The molecule has 84 valence electrons. The minimum Gasteiger partial charge on any atom is -0.314 e. The van der Waals surface area contributed by atoms with Gasteiger partial charge in [-0.2, -0.15) is 0 Å². The van der Waals surface area contributed by atoms with Crippen molar-refractivity contribution in [3.8, 4) is 0 Å². The number of hydrogen-bond acceptors (Lipinski definition) is 4. The van der Waals surface area contributed by atoms with E-state index in [2.05, 4.69) is 0 Å². The van der Waals surface area contributed by atoms with Gasteiger partial charge in [-0.1, -0.05) is 36.5 Å². The lowest BCUT2D eigenvalue weighted by Gasteiger charge is -2.14. The number of hydrogen-bond donors (Lipinski definition) is 0. The highest BCUT2D eigenvalue weighted by Crippen LogP contribution is 2.71. The Morgan fingerprint density at radius 2 is 1.93 bits per heavy atom. The van der Waals surface area contributed by atoms with Crippen molar-refractivity contribution in [2.24, 2.45) is 0 Å². The fourth-order valence-corrected chi connectivity index (χ4v) is 7.82. The normalized spacial score (nSPS) is 14.8. The van der Waals surface area contributed by atoms with Crippen LogP contribution in [0, 0.1) is 0 Å². The monoisotopic (exact) mass is 262 g/mol. The highest BCUT2D eigenvalue weighted by Gasteiger charge is 2.24. The summed E-state index contributed by atoms with van der Waals surface area (Å²) in [5, 5.41) is 0. The van der Waals surface area contributed by atoms with Gasteiger partial charge in [0, 0.05) is 10.6 Å². The van der Waals surface area contributed by atoms with Crippen molar-refractivity contribution in [1.29, 1.82) is 0 Å². The van der Waals surface area contributed by atoms with Crippen LogP contribution in [-0.2, 0) is 9.09 Å². The van der Waals surface area contributed by atoms with E-state index in [4.69, 9.17) is 4.52 Å². The summed E-state index contributed by atoms with van der Waals surface area (Å²) in [6.07, 6.45) is 0. The van der Waals surface area contributed by atoms with E-state index in [1.807, 2.05) is 44.2 Å². The van der Waals surface area contributed by atoms with Crippen molar-refractivity contribution < 1.29 is 9.09 Å². The molecule has 0 heterocycles. The maximum absolute atomic E-state index is 12.3. The van der Waals surface area contributed by atoms with Crippen LogP contribution < -0.4 is 0 Å². The van der Waals surface area contributed by atoms with Crippen LogP contribution in [0.15, 0.2) is 35.2 Å². The lowest BCUT2D eigenvalue weighted by Crippen LogP contribution is -1.83. The van der Waals surface area contributed by atoms with Crippen molar-refractivity contribution in [2.75, 3.05) is 12.4 Å². The van der Waals surface area contributed by atoms with Crippen LogP contribution in [0.3, 0.4) is 0 Å². The maximum atomic E-state index is 12.3. The topological polar surface area (TPSA) is 26.3 Å². The molecule has 0 amide bonds. The van der Waals surface area contributed by atoms with Gasteiger partial charge in [0.2, 0.25) is 0 Å². The zero-order valence-corrected chi connectivity index (χ0v) is 11.4. The summed E-state index contributed by atoms with van der Waals surface area (Å²) in [5.41, 5.74) is 0. The summed E-state index contributed by atoms with van der Waals surface area (Å²) >= 11 is 2.73. The maximum Gasteiger partial charge on any atom is 0.317 e. The zero-order chi connectivity index (χ0) is 11.1. The molecule has 0 aromatic heterocycles. The van der Waals surface area contributed by atoms with Gasteiger partial charge in [0.05, 0.1) is 6.61 Å².